The van der Waals surface area contributed by atoms with Crippen molar-refractivity contribution in [3.8, 4) is 0 Å². The van der Waals surface area contributed by atoms with Gasteiger partial charge in [-0.1, -0.05) is 22.9 Å². The van der Waals surface area contributed by atoms with Crippen molar-refractivity contribution in [2.45, 2.75) is 6.92 Å². The van der Waals surface area contributed by atoms with Crippen molar-refractivity contribution in [1.82, 2.24) is 0 Å². The fourth-order valence-corrected chi connectivity index (χ4v) is 2.44. The zero-order valence-corrected chi connectivity index (χ0v) is 11.4. The molecule has 0 aliphatic carbocycles. The zero-order valence-electron chi connectivity index (χ0n) is 9.84. The van der Waals surface area contributed by atoms with Crippen LogP contribution in [0.2, 0.25) is 5.02 Å². The van der Waals surface area contributed by atoms with Crippen molar-refractivity contribution < 1.29 is 9.72 Å². The number of nitro groups is 1. The van der Waals surface area contributed by atoms with E-state index < -0.39 is 4.92 Å². The van der Waals surface area contributed by atoms with Gasteiger partial charge in [-0.3, -0.25) is 14.9 Å². The molecule has 2 aromatic rings. The van der Waals surface area contributed by atoms with E-state index in [-0.39, 0.29) is 10.9 Å². The maximum atomic E-state index is 11.9. The van der Waals surface area contributed by atoms with Gasteiger partial charge in [-0.05, 0) is 36.8 Å². The predicted octanol–water partition coefficient (Wildman–Crippen LogP) is 3.87. The van der Waals surface area contributed by atoms with Gasteiger partial charge in [-0.25, -0.2) is 0 Å². The standard InChI is InChI=1S/C12H9ClN2O3S/c1-7-6-8(13)2-3-9(7)14-12(16)10-4-5-11(19-10)15(17)18/h2-6H,1H3,(H,14,16). The van der Waals surface area contributed by atoms with Crippen molar-refractivity contribution in [2.75, 3.05) is 5.32 Å². The molecular weight excluding hydrogens is 288 g/mol. The first kappa shape index (κ1) is 13.5. The van der Waals surface area contributed by atoms with E-state index in [2.05, 4.69) is 5.32 Å². The Hall–Kier alpha value is -1.92. The number of nitrogens with one attached hydrogen (secondary N) is 1. The van der Waals surface area contributed by atoms with E-state index in [1.165, 1.54) is 12.1 Å². The Balaban J connectivity index is 2.18. The first-order valence-corrected chi connectivity index (χ1v) is 6.48. The molecular formula is C12H9ClN2O3S. The summed E-state index contributed by atoms with van der Waals surface area (Å²) in [6, 6.07) is 7.84. The van der Waals surface area contributed by atoms with Crippen molar-refractivity contribution >= 4 is 39.5 Å². The average Bonchev–Trinajstić information content (AvgIpc) is 2.82. The van der Waals surface area contributed by atoms with Crippen molar-refractivity contribution in [3.05, 3.63) is 55.9 Å². The van der Waals surface area contributed by atoms with Crippen molar-refractivity contribution in [3.63, 3.8) is 0 Å². The minimum Gasteiger partial charge on any atom is -0.321 e. The van der Waals surface area contributed by atoms with E-state index in [0.29, 0.717) is 15.6 Å². The fourth-order valence-electron chi connectivity index (χ4n) is 1.50. The Labute approximate surface area is 118 Å². The Morgan fingerprint density at radius 1 is 1.37 bits per heavy atom. The lowest BCUT2D eigenvalue weighted by atomic mass is 10.2. The van der Waals surface area contributed by atoms with Gasteiger partial charge in [-0.2, -0.15) is 0 Å². The summed E-state index contributed by atoms with van der Waals surface area (Å²) in [5.41, 5.74) is 1.46. The highest BCUT2D eigenvalue weighted by Crippen LogP contribution is 2.26. The first-order chi connectivity index (χ1) is 8.97. The first-order valence-electron chi connectivity index (χ1n) is 5.29. The summed E-state index contributed by atoms with van der Waals surface area (Å²) < 4.78 is 0. The molecule has 7 heteroatoms. The summed E-state index contributed by atoms with van der Waals surface area (Å²) in [6.45, 7) is 1.82. The zero-order chi connectivity index (χ0) is 14.0. The minimum atomic E-state index is -0.519. The monoisotopic (exact) mass is 296 g/mol. The normalized spacial score (nSPS) is 10.2. The molecule has 0 spiro atoms. The van der Waals surface area contributed by atoms with Crippen molar-refractivity contribution in [1.29, 1.82) is 0 Å². The van der Waals surface area contributed by atoms with E-state index in [1.807, 2.05) is 6.92 Å². The molecule has 1 N–H and O–H groups in total. The molecule has 1 heterocycles. The molecule has 0 atom stereocenters. The molecule has 1 aromatic carbocycles. The Bertz CT molecular complexity index is 654. The quantitative estimate of drug-likeness (QED) is 0.690. The van der Waals surface area contributed by atoms with Crippen LogP contribution in [-0.2, 0) is 0 Å². The number of benzene rings is 1. The molecule has 0 aliphatic rings. The lowest BCUT2D eigenvalue weighted by molar-refractivity contribution is -0.380. The van der Waals surface area contributed by atoms with E-state index in [0.717, 1.165) is 16.9 Å². The van der Waals surface area contributed by atoms with Gasteiger partial charge in [0.05, 0.1) is 9.80 Å². The highest BCUT2D eigenvalue weighted by molar-refractivity contribution is 7.17. The highest BCUT2D eigenvalue weighted by Gasteiger charge is 2.15. The van der Waals surface area contributed by atoms with Gasteiger partial charge < -0.3 is 5.32 Å². The lowest BCUT2D eigenvalue weighted by Crippen LogP contribution is -2.10. The Kier molecular flexibility index (Phi) is 3.82. The summed E-state index contributed by atoms with van der Waals surface area (Å²) >= 11 is 6.66. The third kappa shape index (κ3) is 3.10. The number of nitrogens with zero attached hydrogens (tertiary/aromatic N) is 1. The van der Waals surface area contributed by atoms with Gasteiger partial charge in [0.1, 0.15) is 0 Å². The molecule has 0 radical (unpaired) electrons. The summed E-state index contributed by atoms with van der Waals surface area (Å²) in [5.74, 6) is -0.372. The number of thiophene rings is 1. The molecule has 0 unspecified atom stereocenters. The van der Waals surface area contributed by atoms with Crippen LogP contribution in [0.15, 0.2) is 30.3 Å². The van der Waals surface area contributed by atoms with E-state index in [9.17, 15) is 14.9 Å². The third-order valence-electron chi connectivity index (χ3n) is 2.43. The Morgan fingerprint density at radius 2 is 2.11 bits per heavy atom. The van der Waals surface area contributed by atoms with Gasteiger partial charge in [-0.15, -0.1) is 0 Å². The molecule has 0 fully saturated rings. The number of halogens is 1. The van der Waals surface area contributed by atoms with Crippen LogP contribution in [-0.4, -0.2) is 10.8 Å². The van der Waals surface area contributed by atoms with E-state index in [4.69, 9.17) is 11.6 Å². The van der Waals surface area contributed by atoms with Gasteiger partial charge in [0.2, 0.25) is 0 Å². The van der Waals surface area contributed by atoms with Crippen molar-refractivity contribution in [2.24, 2.45) is 0 Å². The van der Waals surface area contributed by atoms with Crippen LogP contribution in [0.5, 0.6) is 0 Å². The largest absolute Gasteiger partial charge is 0.324 e. The van der Waals surface area contributed by atoms with Gasteiger partial charge >= 0.3 is 5.00 Å². The van der Waals surface area contributed by atoms with Crippen LogP contribution >= 0.6 is 22.9 Å². The number of carbonyl (C=O) groups is 1. The minimum absolute atomic E-state index is 0.0574. The maximum Gasteiger partial charge on any atom is 0.324 e. The van der Waals surface area contributed by atoms with Gasteiger partial charge in [0.25, 0.3) is 5.91 Å². The molecule has 98 valence electrons. The number of aryl methyl sites for hydroxylation is 1. The topological polar surface area (TPSA) is 72.2 Å². The van der Waals surface area contributed by atoms with Crippen LogP contribution in [0.25, 0.3) is 0 Å². The summed E-state index contributed by atoms with van der Waals surface area (Å²) in [5, 5.41) is 13.8. The maximum absolute atomic E-state index is 11.9. The summed E-state index contributed by atoms with van der Waals surface area (Å²) in [7, 11) is 0. The highest BCUT2D eigenvalue weighted by atomic mass is 35.5. The molecule has 5 nitrogen and oxygen atoms in total. The number of amides is 1. The molecule has 19 heavy (non-hydrogen) atoms. The van der Waals surface area contributed by atoms with Gasteiger partial charge in [0.15, 0.2) is 0 Å². The summed E-state index contributed by atoms with van der Waals surface area (Å²) in [6.07, 6.45) is 0. The second-order valence-electron chi connectivity index (χ2n) is 3.81. The fraction of sp³-hybridized carbons (Fsp3) is 0.0833. The molecule has 0 saturated carbocycles. The number of carbonyl (C=O) groups excluding carboxylic acids is 1. The van der Waals surface area contributed by atoms with Gasteiger partial charge in [0, 0.05) is 16.8 Å². The lowest BCUT2D eigenvalue weighted by Gasteiger charge is -2.07. The molecule has 0 aliphatic heterocycles. The number of hydrogen-bond donors (Lipinski definition) is 1. The number of rotatable bonds is 3. The molecule has 0 bridgehead atoms. The van der Waals surface area contributed by atoms with Crippen LogP contribution < -0.4 is 5.32 Å². The average molecular weight is 297 g/mol. The predicted molar refractivity (Wildman–Crippen MR) is 75.1 cm³/mol. The van der Waals surface area contributed by atoms with Crippen LogP contribution in [0, 0.1) is 17.0 Å². The summed E-state index contributed by atoms with van der Waals surface area (Å²) in [4.78, 5) is 22.3. The van der Waals surface area contributed by atoms with E-state index in [1.54, 1.807) is 18.2 Å². The molecule has 1 amide bonds. The SMILES string of the molecule is Cc1cc(Cl)ccc1NC(=O)c1ccc([N+](=O)[O-])s1. The molecule has 1 aromatic heterocycles. The van der Waals surface area contributed by atoms with E-state index >= 15 is 0 Å². The van der Waals surface area contributed by atoms with Crippen LogP contribution in [0.1, 0.15) is 15.2 Å². The molecule has 0 saturated heterocycles. The van der Waals surface area contributed by atoms with Crippen LogP contribution in [0.3, 0.4) is 0 Å². The second-order valence-corrected chi connectivity index (χ2v) is 5.31. The number of hydrogen-bond acceptors (Lipinski definition) is 4. The smallest absolute Gasteiger partial charge is 0.321 e. The second kappa shape index (κ2) is 5.38. The number of anilines is 1. The van der Waals surface area contributed by atoms with Crippen LogP contribution in [0.4, 0.5) is 10.7 Å². The molecule has 2 rings (SSSR count). The third-order valence-corrected chi connectivity index (χ3v) is 3.70. The Morgan fingerprint density at radius 3 is 2.68 bits per heavy atom.